The Morgan fingerprint density at radius 2 is 1.60 bits per heavy atom. The van der Waals surface area contributed by atoms with Gasteiger partial charge in [-0.25, -0.2) is 0 Å². The summed E-state index contributed by atoms with van der Waals surface area (Å²) in [6.07, 6.45) is 11.8. The molecule has 3 aromatic heterocycles. The summed E-state index contributed by atoms with van der Waals surface area (Å²) in [4.78, 5) is 59.1. The van der Waals surface area contributed by atoms with Crippen molar-refractivity contribution in [2.45, 2.75) is 95.9 Å². The molecular formula is C33H43AsN7O4. The molecule has 3 aromatic rings. The normalized spacial score (nSPS) is 21.0. The second kappa shape index (κ2) is 12.7. The van der Waals surface area contributed by atoms with Gasteiger partial charge in [0.1, 0.15) is 0 Å². The number of carbonyl (C=O) groups excluding carboxylic acids is 3. The van der Waals surface area contributed by atoms with E-state index in [4.69, 9.17) is 9.72 Å². The maximum atomic E-state index is 13.5. The van der Waals surface area contributed by atoms with Crippen molar-refractivity contribution in [3.05, 3.63) is 41.9 Å². The number of likely N-dealkylation sites (tertiary alicyclic amines) is 1. The molecule has 3 aliphatic rings. The van der Waals surface area contributed by atoms with Gasteiger partial charge in [-0.15, -0.1) is 0 Å². The number of rotatable bonds is 5. The van der Waals surface area contributed by atoms with E-state index in [9.17, 15) is 14.4 Å². The van der Waals surface area contributed by atoms with Gasteiger partial charge >= 0.3 is 251 Å². The Morgan fingerprint density at radius 1 is 0.911 bits per heavy atom. The Morgan fingerprint density at radius 3 is 2.20 bits per heavy atom. The van der Waals surface area contributed by atoms with Gasteiger partial charge in [0.2, 0.25) is 0 Å². The number of hydrogen-bond donors (Lipinski definition) is 0. The number of nitrogens with zero attached hydrogens (tertiary/aromatic N) is 7. The van der Waals surface area contributed by atoms with Crippen molar-refractivity contribution in [3.8, 4) is 0 Å². The Hall–Kier alpha value is -3.46. The van der Waals surface area contributed by atoms with Crippen LogP contribution in [0.2, 0.25) is 0 Å². The van der Waals surface area contributed by atoms with Crippen molar-refractivity contribution >= 4 is 53.8 Å². The van der Waals surface area contributed by atoms with Crippen molar-refractivity contribution in [2.75, 3.05) is 27.2 Å². The first-order valence-electron chi connectivity index (χ1n) is 16.1. The molecule has 5 heterocycles. The van der Waals surface area contributed by atoms with Crippen molar-refractivity contribution in [2.24, 2.45) is 0 Å². The van der Waals surface area contributed by atoms with Crippen LogP contribution in [-0.2, 0) is 4.74 Å². The van der Waals surface area contributed by atoms with E-state index in [1.54, 1.807) is 25.2 Å². The van der Waals surface area contributed by atoms with Gasteiger partial charge in [-0.3, -0.25) is 0 Å². The third-order valence-corrected chi connectivity index (χ3v) is 10.9. The van der Waals surface area contributed by atoms with Gasteiger partial charge in [0.15, 0.2) is 0 Å². The van der Waals surface area contributed by atoms with Crippen LogP contribution in [0.4, 0.5) is 4.79 Å². The van der Waals surface area contributed by atoms with E-state index in [1.807, 2.05) is 55.0 Å². The second-order valence-corrected chi connectivity index (χ2v) is 16.0. The van der Waals surface area contributed by atoms with Crippen LogP contribution in [0.5, 0.6) is 0 Å². The molecular weight excluding hydrogens is 633 g/mol. The molecule has 11 nitrogen and oxygen atoms in total. The zero-order valence-corrected chi connectivity index (χ0v) is 28.8. The Bertz CT molecular complexity index is 1560. The number of fused-ring (bicyclic) bond motifs is 3. The molecule has 3 fully saturated rings. The number of hydrogen-bond acceptors (Lipinski definition) is 7. The van der Waals surface area contributed by atoms with Crippen molar-refractivity contribution in [1.82, 2.24) is 34.2 Å². The van der Waals surface area contributed by atoms with Gasteiger partial charge in [-0.05, 0) is 20.8 Å². The summed E-state index contributed by atoms with van der Waals surface area (Å²) in [6.45, 7) is 6.60. The molecule has 3 amide bonds. The standard InChI is InChI=1S/C33H43AsN7O4/c1-33(2,3)45-32(44)40-24-13-14-25(40)20-39(19-24)29(42)21-12-15-27(35-17-21)34-31-36-18-22-16-26(30(43)38(4)5)41(28(22)37-31)23-10-8-6-7-9-11-23/h12,15-18,23-25H,6-11,13-14,19-20H2,1-5H3. The van der Waals surface area contributed by atoms with E-state index in [2.05, 4.69) is 14.5 Å². The molecule has 2 bridgehead atoms. The molecule has 2 unspecified atom stereocenters. The first-order valence-corrected chi connectivity index (χ1v) is 17.9. The molecule has 0 aromatic carbocycles. The summed E-state index contributed by atoms with van der Waals surface area (Å²) in [5, 5.41) is 0.879. The fourth-order valence-corrected chi connectivity index (χ4v) is 8.41. The van der Waals surface area contributed by atoms with Crippen LogP contribution in [-0.4, -0.2) is 113 Å². The monoisotopic (exact) mass is 676 g/mol. The van der Waals surface area contributed by atoms with Gasteiger partial charge in [0, 0.05) is 0 Å². The fourth-order valence-electron chi connectivity index (χ4n) is 6.88. The molecule has 12 heteroatoms. The molecule has 1 saturated carbocycles. The number of aromatic nitrogens is 4. The van der Waals surface area contributed by atoms with Crippen LogP contribution in [0.25, 0.3) is 11.0 Å². The summed E-state index contributed by atoms with van der Waals surface area (Å²) >= 11 is -0.626. The van der Waals surface area contributed by atoms with Crippen LogP contribution < -0.4 is 9.09 Å². The van der Waals surface area contributed by atoms with Gasteiger partial charge in [-0.1, -0.05) is 0 Å². The first kappa shape index (κ1) is 31.5. The zero-order valence-electron chi connectivity index (χ0n) is 26.9. The zero-order chi connectivity index (χ0) is 31.9. The third kappa shape index (κ3) is 6.74. The molecule has 6 rings (SSSR count). The summed E-state index contributed by atoms with van der Waals surface area (Å²) < 4.78 is 9.38. The van der Waals surface area contributed by atoms with Gasteiger partial charge in [0.25, 0.3) is 0 Å². The minimum atomic E-state index is -0.626. The number of piperazine rings is 1. The van der Waals surface area contributed by atoms with Gasteiger partial charge in [0.05, 0.1) is 0 Å². The van der Waals surface area contributed by atoms with E-state index < -0.39 is 21.4 Å². The van der Waals surface area contributed by atoms with Crippen molar-refractivity contribution < 1.29 is 19.1 Å². The number of amides is 3. The molecule has 2 aliphatic heterocycles. The number of ether oxygens (including phenoxy) is 1. The Balaban J connectivity index is 1.17. The van der Waals surface area contributed by atoms with Crippen molar-refractivity contribution in [1.29, 1.82) is 0 Å². The summed E-state index contributed by atoms with van der Waals surface area (Å²) in [6, 6.07) is 5.85. The SMILES string of the molecule is CN(C)C(=O)c1cc2cnc([As]c3ccc(C(=O)N4CC5CCC(C4)N5C(=O)OC(C)(C)C)cn3)nc2n1C1CCCCCC1. The summed E-state index contributed by atoms with van der Waals surface area (Å²) in [5.41, 5.74) is 1.48. The van der Waals surface area contributed by atoms with Crippen LogP contribution in [0.15, 0.2) is 30.6 Å². The molecule has 0 N–H and O–H groups in total. The predicted octanol–water partition coefficient (Wildman–Crippen LogP) is 3.30. The average Bonchev–Trinajstić information content (AvgIpc) is 3.34. The van der Waals surface area contributed by atoms with Gasteiger partial charge in [-0.2, -0.15) is 0 Å². The van der Waals surface area contributed by atoms with Gasteiger partial charge < -0.3 is 0 Å². The quantitative estimate of drug-likeness (QED) is 0.301. The predicted molar refractivity (Wildman–Crippen MR) is 172 cm³/mol. The summed E-state index contributed by atoms with van der Waals surface area (Å²) in [7, 11) is 3.57. The second-order valence-electron chi connectivity index (χ2n) is 13.7. The Kier molecular flexibility index (Phi) is 8.92. The van der Waals surface area contributed by atoms with E-state index >= 15 is 0 Å². The van der Waals surface area contributed by atoms with Crippen LogP contribution in [0.1, 0.15) is 99.0 Å². The first-order chi connectivity index (χ1) is 21.5. The topological polar surface area (TPSA) is 114 Å². The summed E-state index contributed by atoms with van der Waals surface area (Å²) in [5.74, 6) is -0.0868. The minimum absolute atomic E-state index is 0.0201. The number of carbonyl (C=O) groups is 3. The molecule has 239 valence electrons. The third-order valence-electron chi connectivity index (χ3n) is 8.96. The van der Waals surface area contributed by atoms with Crippen LogP contribution in [0.3, 0.4) is 0 Å². The molecule has 45 heavy (non-hydrogen) atoms. The molecule has 2 atom stereocenters. The molecule has 1 aliphatic carbocycles. The van der Waals surface area contributed by atoms with E-state index in [1.165, 1.54) is 12.8 Å². The molecule has 1 radical (unpaired) electrons. The van der Waals surface area contributed by atoms with Crippen LogP contribution in [0, 0.1) is 0 Å². The number of pyridine rings is 1. The Labute approximate surface area is 271 Å². The molecule has 0 spiro atoms. The van der Waals surface area contributed by atoms with E-state index in [0.29, 0.717) is 24.3 Å². The van der Waals surface area contributed by atoms with Crippen LogP contribution >= 0.6 is 0 Å². The fraction of sp³-hybridized carbons (Fsp3) is 0.576. The van der Waals surface area contributed by atoms with Crippen molar-refractivity contribution in [3.63, 3.8) is 0 Å². The molecule has 2 saturated heterocycles. The van der Waals surface area contributed by atoms with E-state index in [-0.39, 0.29) is 36.0 Å². The maximum absolute atomic E-state index is 13.5. The van der Waals surface area contributed by atoms with E-state index in [0.717, 1.165) is 58.7 Å². The average molecular weight is 677 g/mol.